The molecule has 27 heavy (non-hydrogen) atoms. The molecule has 0 atom stereocenters. The van der Waals surface area contributed by atoms with E-state index in [0.717, 1.165) is 46.3 Å². The highest BCUT2D eigenvalue weighted by Crippen LogP contribution is 2.42. The van der Waals surface area contributed by atoms with E-state index in [1.54, 1.807) is 0 Å². The average molecular weight is 384 g/mol. The van der Waals surface area contributed by atoms with Crippen molar-refractivity contribution in [2.45, 2.75) is 32.2 Å². The summed E-state index contributed by atoms with van der Waals surface area (Å²) in [5, 5.41) is 9.01. The quantitative estimate of drug-likeness (QED) is 0.567. The summed E-state index contributed by atoms with van der Waals surface area (Å²) in [5.74, 6) is 1.47. The summed E-state index contributed by atoms with van der Waals surface area (Å²) in [5.41, 5.74) is 10.7. The van der Waals surface area contributed by atoms with E-state index in [2.05, 4.69) is 20.3 Å². The van der Waals surface area contributed by atoms with Crippen molar-refractivity contribution >= 4 is 23.5 Å². The Morgan fingerprint density at radius 2 is 1.85 bits per heavy atom. The van der Waals surface area contributed by atoms with Gasteiger partial charge in [0.05, 0.1) is 16.6 Å². The summed E-state index contributed by atoms with van der Waals surface area (Å²) in [7, 11) is 0. The smallest absolute Gasteiger partial charge is 0.259 e. The number of hydrogen-bond acceptors (Lipinski definition) is 7. The molecule has 2 N–H and O–H groups in total. The predicted octanol–water partition coefficient (Wildman–Crippen LogP) is 4.01. The molecule has 8 heteroatoms. The number of nitrogens with two attached hydrogens (primary N) is 1. The van der Waals surface area contributed by atoms with Crippen molar-refractivity contribution in [2.75, 3.05) is 0 Å². The zero-order valence-corrected chi connectivity index (χ0v) is 15.5. The molecule has 0 aliphatic heterocycles. The Balaban J connectivity index is 0.00000180. The molecular weight excluding hydrogens is 366 g/mol. The van der Waals surface area contributed by atoms with Crippen molar-refractivity contribution in [1.82, 2.24) is 20.3 Å². The molecule has 1 aliphatic rings. The second-order valence-corrected chi connectivity index (χ2v) is 6.64. The molecule has 5 rings (SSSR count). The van der Waals surface area contributed by atoms with Crippen LogP contribution < -0.4 is 5.73 Å². The van der Waals surface area contributed by atoms with Crippen LogP contribution in [0.3, 0.4) is 0 Å². The molecule has 0 amide bonds. The average Bonchev–Trinajstić information content (AvgIpc) is 3.30. The van der Waals surface area contributed by atoms with Gasteiger partial charge in [0, 0.05) is 23.7 Å². The summed E-state index contributed by atoms with van der Waals surface area (Å²) in [6.07, 6.45) is 2.29. The van der Waals surface area contributed by atoms with Crippen LogP contribution in [0, 0.1) is 6.92 Å². The summed E-state index contributed by atoms with van der Waals surface area (Å²) < 4.78 is 10.9. The zero-order chi connectivity index (χ0) is 17.7. The van der Waals surface area contributed by atoms with Gasteiger partial charge in [-0.2, -0.15) is 4.98 Å². The summed E-state index contributed by atoms with van der Waals surface area (Å²) in [4.78, 5) is 9.19. The number of hydrogen-bond donors (Lipinski definition) is 1. The minimum Gasteiger partial charge on any atom is -0.336 e. The Hall–Kier alpha value is -2.77. The highest BCUT2D eigenvalue weighted by Gasteiger charge is 2.28. The van der Waals surface area contributed by atoms with Gasteiger partial charge in [0.15, 0.2) is 0 Å². The van der Waals surface area contributed by atoms with Gasteiger partial charge in [-0.15, -0.1) is 12.4 Å². The molecule has 1 aromatic carbocycles. The monoisotopic (exact) mass is 383 g/mol. The van der Waals surface area contributed by atoms with Gasteiger partial charge in [0.1, 0.15) is 0 Å². The van der Waals surface area contributed by atoms with Crippen molar-refractivity contribution in [3.05, 3.63) is 47.3 Å². The van der Waals surface area contributed by atoms with Crippen LogP contribution in [0.1, 0.15) is 35.7 Å². The van der Waals surface area contributed by atoms with Gasteiger partial charge in [-0.1, -0.05) is 34.6 Å². The molecule has 138 valence electrons. The molecule has 0 radical (unpaired) electrons. The molecule has 0 unspecified atom stereocenters. The van der Waals surface area contributed by atoms with E-state index < -0.39 is 0 Å². The fourth-order valence-electron chi connectivity index (χ4n) is 3.11. The van der Waals surface area contributed by atoms with E-state index in [1.807, 2.05) is 37.3 Å². The maximum atomic E-state index is 5.65. The highest BCUT2D eigenvalue weighted by atomic mass is 35.5. The van der Waals surface area contributed by atoms with Gasteiger partial charge in [-0.05, 0) is 31.4 Å². The molecule has 1 aliphatic carbocycles. The molecular formula is C19H18ClN5O2. The zero-order valence-electron chi connectivity index (χ0n) is 14.7. The Kier molecular flexibility index (Phi) is 4.41. The molecule has 4 aromatic rings. The van der Waals surface area contributed by atoms with Gasteiger partial charge < -0.3 is 14.8 Å². The first kappa shape index (κ1) is 17.6. The summed E-state index contributed by atoms with van der Waals surface area (Å²) in [6, 6.07) is 9.84. The Bertz CT molecular complexity index is 1100. The molecule has 3 aromatic heterocycles. The summed E-state index contributed by atoms with van der Waals surface area (Å²) in [6.45, 7) is 2.39. The number of aryl methyl sites for hydroxylation is 1. The van der Waals surface area contributed by atoms with E-state index >= 15 is 0 Å². The number of pyridine rings is 1. The number of fused-ring (bicyclic) bond motifs is 1. The van der Waals surface area contributed by atoms with E-state index in [4.69, 9.17) is 14.8 Å². The lowest BCUT2D eigenvalue weighted by atomic mass is 10.1. The number of benzene rings is 1. The van der Waals surface area contributed by atoms with Crippen molar-refractivity contribution in [3.8, 4) is 22.8 Å². The maximum absolute atomic E-state index is 5.65. The normalized spacial score (nSPS) is 13.7. The lowest BCUT2D eigenvalue weighted by molar-refractivity contribution is 0.432. The fraction of sp³-hybridized carbons (Fsp3) is 0.263. The van der Waals surface area contributed by atoms with Crippen LogP contribution in [0.5, 0.6) is 0 Å². The second kappa shape index (κ2) is 6.75. The molecule has 0 saturated heterocycles. The molecule has 7 nitrogen and oxygen atoms in total. The van der Waals surface area contributed by atoms with Gasteiger partial charge >= 0.3 is 0 Å². The number of rotatable bonds is 4. The van der Waals surface area contributed by atoms with Crippen molar-refractivity contribution in [1.29, 1.82) is 0 Å². The summed E-state index contributed by atoms with van der Waals surface area (Å²) >= 11 is 0. The standard InChI is InChI=1S/C19H17N5O2.ClH/c1-10-16-14(8-15(12-6-7-12)21-19(16)26-23-10)18-22-17(24-25-18)13-4-2-11(9-20)3-5-13;/h2-5,8,12H,6-7,9,20H2,1H3;1H. The molecule has 3 heterocycles. The molecule has 0 spiro atoms. The first-order valence-corrected chi connectivity index (χ1v) is 8.63. The third kappa shape index (κ3) is 3.09. The largest absolute Gasteiger partial charge is 0.336 e. The van der Waals surface area contributed by atoms with E-state index in [0.29, 0.717) is 29.9 Å². The van der Waals surface area contributed by atoms with Crippen LogP contribution in [0.25, 0.3) is 33.9 Å². The van der Waals surface area contributed by atoms with Crippen LogP contribution >= 0.6 is 12.4 Å². The van der Waals surface area contributed by atoms with Crippen molar-refractivity contribution in [3.63, 3.8) is 0 Å². The van der Waals surface area contributed by atoms with E-state index in [-0.39, 0.29) is 12.4 Å². The first-order valence-electron chi connectivity index (χ1n) is 8.63. The lowest BCUT2D eigenvalue weighted by Gasteiger charge is -2.01. The Morgan fingerprint density at radius 3 is 2.56 bits per heavy atom. The van der Waals surface area contributed by atoms with Gasteiger partial charge in [-0.25, -0.2) is 4.98 Å². The fourth-order valence-corrected chi connectivity index (χ4v) is 3.11. The number of aromatic nitrogens is 4. The highest BCUT2D eigenvalue weighted by molar-refractivity contribution is 5.91. The van der Waals surface area contributed by atoms with Gasteiger partial charge in [0.25, 0.3) is 11.6 Å². The Morgan fingerprint density at radius 1 is 1.07 bits per heavy atom. The molecule has 1 fully saturated rings. The molecule has 1 saturated carbocycles. The van der Waals surface area contributed by atoms with Crippen LogP contribution in [0.2, 0.25) is 0 Å². The lowest BCUT2D eigenvalue weighted by Crippen LogP contribution is -1.95. The molecule has 0 bridgehead atoms. The van der Waals surface area contributed by atoms with Crippen molar-refractivity contribution < 1.29 is 9.05 Å². The SMILES string of the molecule is Cc1noc2nc(C3CC3)cc(-c3nc(-c4ccc(CN)cc4)no3)c12.Cl. The van der Waals surface area contributed by atoms with Crippen LogP contribution in [0.4, 0.5) is 0 Å². The van der Waals surface area contributed by atoms with Crippen LogP contribution in [0.15, 0.2) is 39.4 Å². The number of halogens is 1. The minimum atomic E-state index is 0. The van der Waals surface area contributed by atoms with E-state index in [9.17, 15) is 0 Å². The van der Waals surface area contributed by atoms with E-state index in [1.165, 1.54) is 0 Å². The topological polar surface area (TPSA) is 104 Å². The van der Waals surface area contributed by atoms with Gasteiger partial charge in [-0.3, -0.25) is 0 Å². The van der Waals surface area contributed by atoms with Crippen LogP contribution in [-0.2, 0) is 6.54 Å². The second-order valence-electron chi connectivity index (χ2n) is 6.64. The third-order valence-electron chi connectivity index (χ3n) is 4.74. The predicted molar refractivity (Wildman–Crippen MR) is 102 cm³/mol. The third-order valence-corrected chi connectivity index (χ3v) is 4.74. The number of nitrogens with zero attached hydrogens (tertiary/aromatic N) is 4. The van der Waals surface area contributed by atoms with Gasteiger partial charge in [0.2, 0.25) is 5.82 Å². The van der Waals surface area contributed by atoms with Crippen molar-refractivity contribution in [2.24, 2.45) is 5.73 Å². The first-order chi connectivity index (χ1) is 12.7. The van der Waals surface area contributed by atoms with Crippen LogP contribution in [-0.4, -0.2) is 20.3 Å². The maximum Gasteiger partial charge on any atom is 0.259 e. The Labute approximate surface area is 161 Å². The minimum absolute atomic E-state index is 0.